The predicted molar refractivity (Wildman–Crippen MR) is 166 cm³/mol. The lowest BCUT2D eigenvalue weighted by Gasteiger charge is -2.14. The van der Waals surface area contributed by atoms with Crippen molar-refractivity contribution in [2.75, 3.05) is 0 Å². The average Bonchev–Trinajstić information content (AvgIpc) is 3.71. The van der Waals surface area contributed by atoms with E-state index in [1.165, 1.54) is 44.1 Å². The van der Waals surface area contributed by atoms with Gasteiger partial charge in [0, 0.05) is 46.0 Å². The highest BCUT2D eigenvalue weighted by Crippen LogP contribution is 2.46. The largest absolute Gasteiger partial charge is 0.308 e. The van der Waals surface area contributed by atoms with E-state index in [0.717, 1.165) is 50.7 Å². The van der Waals surface area contributed by atoms with E-state index < -0.39 is 0 Å². The van der Waals surface area contributed by atoms with Crippen LogP contribution in [0.1, 0.15) is 11.1 Å². The molecule has 5 heteroatoms. The van der Waals surface area contributed by atoms with E-state index in [1.807, 2.05) is 30.6 Å². The lowest BCUT2D eigenvalue weighted by molar-refractivity contribution is 1.16. The molecule has 5 aromatic heterocycles. The molecule has 10 rings (SSSR count). The smallest absolute Gasteiger partial charge is 0.165 e. The number of hydrogen-bond donors (Lipinski definition) is 0. The Labute approximate surface area is 234 Å². The van der Waals surface area contributed by atoms with Crippen LogP contribution in [-0.4, -0.2) is 23.9 Å². The lowest BCUT2D eigenvalue weighted by Crippen LogP contribution is -1.99. The van der Waals surface area contributed by atoms with Gasteiger partial charge in [0.1, 0.15) is 11.2 Å². The van der Waals surface area contributed by atoms with Gasteiger partial charge in [0.15, 0.2) is 5.65 Å². The van der Waals surface area contributed by atoms with Crippen LogP contribution in [-0.2, 0) is 6.42 Å². The highest BCUT2D eigenvalue weighted by Gasteiger charge is 2.27. The molecule has 0 aliphatic heterocycles. The minimum Gasteiger partial charge on any atom is -0.308 e. The van der Waals surface area contributed by atoms with Gasteiger partial charge in [0.2, 0.25) is 0 Å². The zero-order chi connectivity index (χ0) is 26.7. The van der Waals surface area contributed by atoms with Gasteiger partial charge in [-0.05, 0) is 64.7 Å². The quantitative estimate of drug-likeness (QED) is 0.204. The molecule has 0 saturated heterocycles. The number of aromatic nitrogens is 5. The fourth-order valence-electron chi connectivity index (χ4n) is 7.17. The Morgan fingerprint density at radius 1 is 0.585 bits per heavy atom. The fourth-order valence-corrected chi connectivity index (χ4v) is 7.17. The van der Waals surface area contributed by atoms with Gasteiger partial charge in [-0.2, -0.15) is 0 Å². The van der Waals surface area contributed by atoms with Gasteiger partial charge >= 0.3 is 0 Å². The van der Waals surface area contributed by atoms with E-state index in [-0.39, 0.29) is 0 Å². The van der Waals surface area contributed by atoms with Crippen molar-refractivity contribution in [1.82, 2.24) is 23.9 Å². The monoisotopic (exact) mass is 523 g/mol. The molecule has 0 unspecified atom stereocenters. The first-order valence-electron chi connectivity index (χ1n) is 13.9. The van der Waals surface area contributed by atoms with Crippen molar-refractivity contribution in [2.24, 2.45) is 0 Å². The molecule has 0 radical (unpaired) electrons. The van der Waals surface area contributed by atoms with Crippen molar-refractivity contribution in [3.63, 3.8) is 0 Å². The van der Waals surface area contributed by atoms with Crippen LogP contribution in [0.25, 0.3) is 77.2 Å². The molecule has 0 saturated carbocycles. The Morgan fingerprint density at radius 3 is 2.32 bits per heavy atom. The molecule has 0 atom stereocenters. The summed E-state index contributed by atoms with van der Waals surface area (Å²) in [6.07, 6.45) is 4.64. The van der Waals surface area contributed by atoms with Crippen LogP contribution in [0, 0.1) is 0 Å². The summed E-state index contributed by atoms with van der Waals surface area (Å²) in [6, 6.07) is 36.8. The van der Waals surface area contributed by atoms with Crippen LogP contribution in [0.2, 0.25) is 0 Å². The molecule has 4 aromatic carbocycles. The number of benzene rings is 4. The molecule has 5 nitrogen and oxygen atoms in total. The first-order chi connectivity index (χ1) is 20.4. The van der Waals surface area contributed by atoms with Crippen molar-refractivity contribution < 1.29 is 0 Å². The van der Waals surface area contributed by atoms with Crippen LogP contribution in [0.15, 0.2) is 116 Å². The van der Waals surface area contributed by atoms with Gasteiger partial charge in [-0.25, -0.2) is 9.97 Å². The van der Waals surface area contributed by atoms with E-state index in [1.54, 1.807) is 0 Å². The third-order valence-corrected chi connectivity index (χ3v) is 8.81. The summed E-state index contributed by atoms with van der Waals surface area (Å²) in [5, 5.41) is 4.67. The van der Waals surface area contributed by atoms with Crippen LogP contribution < -0.4 is 0 Å². The number of nitrogens with zero attached hydrogens (tertiary/aromatic N) is 5. The third kappa shape index (κ3) is 2.63. The molecule has 5 heterocycles. The second-order valence-corrected chi connectivity index (χ2v) is 10.9. The standard InChI is InChI=1S/C36H21N5/c1-2-9-22(10-3-1)40-33-25(15-14-24-23-11-5-4-8-21(23)20-28(24)33)26-16-17-27-31(34(26)40)32-30(13-7-18-37-32)41-35(27)39-29-12-6-19-38-36(29)41/h1-19H,20H2. The third-order valence-electron chi connectivity index (χ3n) is 8.81. The van der Waals surface area contributed by atoms with E-state index in [4.69, 9.17) is 15.0 Å². The highest BCUT2D eigenvalue weighted by atomic mass is 15.1. The van der Waals surface area contributed by atoms with E-state index in [2.05, 4.69) is 93.9 Å². The number of pyridine rings is 3. The van der Waals surface area contributed by atoms with Crippen molar-refractivity contribution in [3.05, 3.63) is 127 Å². The zero-order valence-corrected chi connectivity index (χ0v) is 21.9. The van der Waals surface area contributed by atoms with Crippen molar-refractivity contribution in [1.29, 1.82) is 0 Å². The first-order valence-corrected chi connectivity index (χ1v) is 13.9. The van der Waals surface area contributed by atoms with Crippen molar-refractivity contribution in [2.45, 2.75) is 6.42 Å². The SMILES string of the molecule is c1ccc(-n2c3c4c(ccc3c3ccc5c(c6ncccc6n6c7ncccc7nc56)c32)-c2ccccc2C4)cc1. The minimum absolute atomic E-state index is 0.849. The Morgan fingerprint density at radius 2 is 1.37 bits per heavy atom. The Bertz CT molecular complexity index is 2550. The molecule has 0 spiro atoms. The number of para-hydroxylation sites is 1. The molecule has 1 aliphatic carbocycles. The molecule has 1 aliphatic rings. The number of hydrogen-bond acceptors (Lipinski definition) is 3. The van der Waals surface area contributed by atoms with E-state index in [0.29, 0.717) is 0 Å². The summed E-state index contributed by atoms with van der Waals surface area (Å²) in [4.78, 5) is 14.8. The topological polar surface area (TPSA) is 48.0 Å². The van der Waals surface area contributed by atoms with E-state index in [9.17, 15) is 0 Å². The number of imidazole rings is 1. The first kappa shape index (κ1) is 21.3. The van der Waals surface area contributed by atoms with Gasteiger partial charge in [-0.15, -0.1) is 0 Å². The maximum atomic E-state index is 5.10. The van der Waals surface area contributed by atoms with Gasteiger partial charge in [0.25, 0.3) is 0 Å². The zero-order valence-electron chi connectivity index (χ0n) is 21.9. The van der Waals surface area contributed by atoms with Gasteiger partial charge in [-0.3, -0.25) is 9.38 Å². The summed E-state index contributed by atoms with van der Waals surface area (Å²) in [7, 11) is 0. The molecule has 0 fully saturated rings. The Hall–Kier alpha value is -5.55. The molecular formula is C36H21N5. The second kappa shape index (κ2) is 7.55. The fraction of sp³-hybridized carbons (Fsp3) is 0.0278. The highest BCUT2D eigenvalue weighted by molar-refractivity contribution is 6.27. The van der Waals surface area contributed by atoms with Crippen LogP contribution in [0.4, 0.5) is 0 Å². The van der Waals surface area contributed by atoms with Crippen molar-refractivity contribution >= 4 is 60.4 Å². The van der Waals surface area contributed by atoms with Gasteiger partial charge in [-0.1, -0.05) is 60.7 Å². The number of fused-ring (bicyclic) bond motifs is 16. The molecular weight excluding hydrogens is 502 g/mol. The maximum absolute atomic E-state index is 5.10. The number of rotatable bonds is 1. The normalized spacial score (nSPS) is 12.8. The van der Waals surface area contributed by atoms with Crippen LogP contribution in [0.5, 0.6) is 0 Å². The van der Waals surface area contributed by atoms with Crippen LogP contribution in [0.3, 0.4) is 0 Å². The molecule has 9 aromatic rings. The molecule has 0 amide bonds. The average molecular weight is 524 g/mol. The summed E-state index contributed by atoms with van der Waals surface area (Å²) in [5.41, 5.74) is 13.6. The Balaban J connectivity index is 1.49. The van der Waals surface area contributed by atoms with E-state index >= 15 is 0 Å². The molecule has 0 bridgehead atoms. The van der Waals surface area contributed by atoms with Gasteiger partial charge < -0.3 is 4.57 Å². The minimum atomic E-state index is 0.849. The summed E-state index contributed by atoms with van der Waals surface area (Å²) in [5.74, 6) is 0. The predicted octanol–water partition coefficient (Wildman–Crippen LogP) is 8.25. The maximum Gasteiger partial charge on any atom is 0.165 e. The van der Waals surface area contributed by atoms with Crippen molar-refractivity contribution in [3.8, 4) is 16.8 Å². The second-order valence-electron chi connectivity index (χ2n) is 10.9. The Kier molecular flexibility index (Phi) is 3.92. The van der Waals surface area contributed by atoms with Crippen LogP contribution >= 0.6 is 0 Å². The summed E-state index contributed by atoms with van der Waals surface area (Å²) < 4.78 is 4.64. The molecule has 0 N–H and O–H groups in total. The molecule has 190 valence electrons. The summed E-state index contributed by atoms with van der Waals surface area (Å²) in [6.45, 7) is 0. The lowest BCUT2D eigenvalue weighted by atomic mass is 10.0. The summed E-state index contributed by atoms with van der Waals surface area (Å²) >= 11 is 0. The molecule has 41 heavy (non-hydrogen) atoms. The van der Waals surface area contributed by atoms with Gasteiger partial charge in [0.05, 0.1) is 22.1 Å².